The molecule has 0 aliphatic carbocycles. The molecule has 8 heteroatoms. The maximum Gasteiger partial charge on any atom is 0.307 e. The van der Waals surface area contributed by atoms with Crippen molar-refractivity contribution in [2.45, 2.75) is 24.7 Å². The molecule has 0 saturated carbocycles. The molecule has 20 heavy (non-hydrogen) atoms. The van der Waals surface area contributed by atoms with E-state index in [0.29, 0.717) is 22.3 Å². The van der Waals surface area contributed by atoms with E-state index in [2.05, 4.69) is 20.7 Å². The Morgan fingerprint density at radius 2 is 2.15 bits per heavy atom. The van der Waals surface area contributed by atoms with E-state index in [9.17, 15) is 13.2 Å². The summed E-state index contributed by atoms with van der Waals surface area (Å²) in [5, 5.41) is 9.39. The van der Waals surface area contributed by atoms with Gasteiger partial charge in [0, 0.05) is 11.0 Å². The molecule has 0 bridgehead atoms. The van der Waals surface area contributed by atoms with Crippen LogP contribution >= 0.6 is 27.5 Å². The van der Waals surface area contributed by atoms with E-state index in [1.54, 1.807) is 0 Å². The van der Waals surface area contributed by atoms with Gasteiger partial charge in [0.2, 0.25) is 10.0 Å². The van der Waals surface area contributed by atoms with Crippen LogP contribution in [0.1, 0.15) is 19.8 Å². The third-order valence-corrected chi connectivity index (χ3v) is 5.34. The molecule has 0 spiro atoms. The van der Waals surface area contributed by atoms with Gasteiger partial charge in [0.05, 0.1) is 15.8 Å². The average Bonchev–Trinajstić information content (AvgIpc) is 2.37. The molecule has 1 unspecified atom stereocenters. The first kappa shape index (κ1) is 17.4. The fraction of sp³-hybridized carbons (Fsp3) is 0.417. The molecular formula is C12H15BrClNO4S. The Hall–Kier alpha value is -0.630. The van der Waals surface area contributed by atoms with Gasteiger partial charge in [-0.1, -0.05) is 24.9 Å². The second kappa shape index (κ2) is 7.40. The number of hydrogen-bond donors (Lipinski definition) is 2. The van der Waals surface area contributed by atoms with E-state index in [4.69, 9.17) is 16.7 Å². The van der Waals surface area contributed by atoms with E-state index in [0.717, 1.165) is 0 Å². The Bertz CT molecular complexity index is 591. The Morgan fingerprint density at radius 1 is 1.50 bits per heavy atom. The first-order valence-corrected chi connectivity index (χ1v) is 8.61. The molecule has 5 nitrogen and oxygen atoms in total. The summed E-state index contributed by atoms with van der Waals surface area (Å²) in [5.41, 5.74) is 0. The highest BCUT2D eigenvalue weighted by atomic mass is 79.9. The number of aliphatic carboxylic acids is 1. The van der Waals surface area contributed by atoms with Crippen LogP contribution in [0.5, 0.6) is 0 Å². The van der Waals surface area contributed by atoms with Crippen LogP contribution in [-0.2, 0) is 14.8 Å². The lowest BCUT2D eigenvalue weighted by molar-refractivity contribution is -0.141. The molecule has 0 fully saturated rings. The summed E-state index contributed by atoms with van der Waals surface area (Å²) in [6.45, 7) is 1.71. The number of benzene rings is 1. The van der Waals surface area contributed by atoms with E-state index >= 15 is 0 Å². The highest BCUT2D eigenvalue weighted by Crippen LogP contribution is 2.25. The summed E-state index contributed by atoms with van der Waals surface area (Å²) >= 11 is 8.95. The van der Waals surface area contributed by atoms with Crippen molar-refractivity contribution in [1.29, 1.82) is 0 Å². The van der Waals surface area contributed by atoms with Gasteiger partial charge in [0.25, 0.3) is 0 Å². The van der Waals surface area contributed by atoms with Crippen molar-refractivity contribution >= 4 is 43.5 Å². The molecule has 0 aliphatic heterocycles. The van der Waals surface area contributed by atoms with Crippen LogP contribution in [-0.4, -0.2) is 26.0 Å². The molecule has 0 heterocycles. The predicted molar refractivity (Wildman–Crippen MR) is 80.4 cm³/mol. The topological polar surface area (TPSA) is 83.5 Å². The second-order valence-corrected chi connectivity index (χ2v) is 7.28. The zero-order valence-electron chi connectivity index (χ0n) is 10.8. The lowest BCUT2D eigenvalue weighted by Crippen LogP contribution is -2.33. The van der Waals surface area contributed by atoms with Crippen molar-refractivity contribution in [2.75, 3.05) is 6.54 Å². The van der Waals surface area contributed by atoms with Crippen molar-refractivity contribution in [3.8, 4) is 0 Å². The summed E-state index contributed by atoms with van der Waals surface area (Å²) in [7, 11) is -3.75. The SMILES string of the molecule is CCCC(CNS(=O)(=O)c1ccc(Cl)c(Br)c1)C(=O)O. The van der Waals surface area contributed by atoms with Gasteiger partial charge in [-0.05, 0) is 40.5 Å². The highest BCUT2D eigenvalue weighted by molar-refractivity contribution is 9.10. The smallest absolute Gasteiger partial charge is 0.307 e. The van der Waals surface area contributed by atoms with Crippen LogP contribution in [0, 0.1) is 5.92 Å². The molecule has 0 amide bonds. The van der Waals surface area contributed by atoms with Gasteiger partial charge < -0.3 is 5.11 Å². The summed E-state index contributed by atoms with van der Waals surface area (Å²) in [6, 6.07) is 4.20. The van der Waals surface area contributed by atoms with Crippen molar-refractivity contribution in [3.63, 3.8) is 0 Å². The van der Waals surface area contributed by atoms with Gasteiger partial charge in [0.1, 0.15) is 0 Å². The van der Waals surface area contributed by atoms with E-state index in [-0.39, 0.29) is 11.4 Å². The lowest BCUT2D eigenvalue weighted by atomic mass is 10.1. The van der Waals surface area contributed by atoms with Crippen LogP contribution < -0.4 is 4.72 Å². The third-order valence-electron chi connectivity index (χ3n) is 2.71. The maximum absolute atomic E-state index is 12.1. The summed E-state index contributed by atoms with van der Waals surface area (Å²) < 4.78 is 26.9. The molecule has 1 rings (SSSR count). The summed E-state index contributed by atoms with van der Waals surface area (Å²) in [5.74, 6) is -1.74. The van der Waals surface area contributed by atoms with Crippen molar-refractivity contribution in [3.05, 3.63) is 27.7 Å². The Morgan fingerprint density at radius 3 is 2.65 bits per heavy atom. The molecule has 1 aromatic carbocycles. The fourth-order valence-electron chi connectivity index (χ4n) is 1.60. The van der Waals surface area contributed by atoms with Crippen LogP contribution in [0.25, 0.3) is 0 Å². The third kappa shape index (κ3) is 4.73. The Labute approximate surface area is 131 Å². The second-order valence-electron chi connectivity index (χ2n) is 4.25. The number of halogens is 2. The Balaban J connectivity index is 2.84. The number of carboxylic acids is 1. The van der Waals surface area contributed by atoms with E-state index in [1.807, 2.05) is 6.92 Å². The normalized spacial score (nSPS) is 13.2. The lowest BCUT2D eigenvalue weighted by Gasteiger charge is -2.13. The minimum Gasteiger partial charge on any atom is -0.481 e. The molecular weight excluding hydrogens is 370 g/mol. The van der Waals surface area contributed by atoms with E-state index in [1.165, 1.54) is 18.2 Å². The van der Waals surface area contributed by atoms with Crippen LogP contribution in [0.2, 0.25) is 5.02 Å². The van der Waals surface area contributed by atoms with Crippen molar-refractivity contribution in [2.24, 2.45) is 5.92 Å². The minimum atomic E-state index is -3.75. The maximum atomic E-state index is 12.1. The van der Waals surface area contributed by atoms with Gasteiger partial charge in [-0.3, -0.25) is 4.79 Å². The molecule has 0 aliphatic rings. The molecule has 0 saturated heterocycles. The number of carbonyl (C=O) groups is 1. The summed E-state index contributed by atoms with van der Waals surface area (Å²) in [4.78, 5) is 11.0. The van der Waals surface area contributed by atoms with Gasteiger partial charge in [-0.2, -0.15) is 0 Å². The van der Waals surface area contributed by atoms with Gasteiger partial charge in [0.15, 0.2) is 0 Å². The monoisotopic (exact) mass is 383 g/mol. The first-order valence-electron chi connectivity index (χ1n) is 5.95. The van der Waals surface area contributed by atoms with Crippen LogP contribution in [0.3, 0.4) is 0 Å². The van der Waals surface area contributed by atoms with Crippen LogP contribution in [0.15, 0.2) is 27.6 Å². The number of rotatable bonds is 7. The molecule has 2 N–H and O–H groups in total. The van der Waals surface area contributed by atoms with Gasteiger partial charge in [-0.15, -0.1) is 0 Å². The van der Waals surface area contributed by atoms with Gasteiger partial charge >= 0.3 is 5.97 Å². The summed E-state index contributed by atoms with van der Waals surface area (Å²) in [6.07, 6.45) is 1.09. The molecule has 112 valence electrons. The van der Waals surface area contributed by atoms with E-state index < -0.39 is 21.9 Å². The van der Waals surface area contributed by atoms with Crippen molar-refractivity contribution < 1.29 is 18.3 Å². The van der Waals surface area contributed by atoms with Crippen molar-refractivity contribution in [1.82, 2.24) is 4.72 Å². The fourth-order valence-corrected chi connectivity index (χ4v) is 3.35. The largest absolute Gasteiger partial charge is 0.481 e. The number of carboxylic acid groups (broad SMARTS) is 1. The standard InChI is InChI=1S/C12H15BrClNO4S/c1-2-3-8(12(16)17)7-15-20(18,19)9-4-5-11(14)10(13)6-9/h4-6,8,15H,2-3,7H2,1H3,(H,16,17). The molecule has 0 radical (unpaired) electrons. The molecule has 1 atom stereocenters. The number of nitrogens with one attached hydrogen (secondary N) is 1. The Kier molecular flexibility index (Phi) is 6.44. The average molecular weight is 385 g/mol. The van der Waals surface area contributed by atoms with Gasteiger partial charge in [-0.25, -0.2) is 13.1 Å². The molecule has 0 aromatic heterocycles. The highest BCUT2D eigenvalue weighted by Gasteiger charge is 2.21. The zero-order chi connectivity index (χ0) is 15.3. The zero-order valence-corrected chi connectivity index (χ0v) is 13.9. The quantitative estimate of drug-likeness (QED) is 0.757. The van der Waals surface area contributed by atoms with Crippen LogP contribution in [0.4, 0.5) is 0 Å². The molecule has 1 aromatic rings. The number of hydrogen-bond acceptors (Lipinski definition) is 3. The minimum absolute atomic E-state index is 0.0365. The predicted octanol–water partition coefficient (Wildman–Crippen LogP) is 2.88. The number of sulfonamides is 1. The first-order chi connectivity index (χ1) is 9.27.